The number of nitrogens with zero attached hydrogens (tertiary/aromatic N) is 2. The number of benzene rings is 3. The summed E-state index contributed by atoms with van der Waals surface area (Å²) < 4.78 is 2.10. The summed E-state index contributed by atoms with van der Waals surface area (Å²) in [6.45, 7) is 0. The predicted molar refractivity (Wildman–Crippen MR) is 119 cm³/mol. The summed E-state index contributed by atoms with van der Waals surface area (Å²) in [4.78, 5) is 18.3. The molecule has 0 bridgehead atoms. The summed E-state index contributed by atoms with van der Waals surface area (Å²) in [6, 6.07) is 25.9. The Labute approximate surface area is 172 Å². The Bertz CT molecular complexity index is 1110. The number of amides is 1. The molecule has 4 rings (SSSR count). The molecule has 0 aliphatic carbocycles. The van der Waals surface area contributed by atoms with Gasteiger partial charge in [0.1, 0.15) is 0 Å². The van der Waals surface area contributed by atoms with Crippen LogP contribution < -0.4 is 5.32 Å². The highest BCUT2D eigenvalue weighted by Gasteiger charge is 2.14. The minimum Gasteiger partial charge on any atom is -0.324 e. The summed E-state index contributed by atoms with van der Waals surface area (Å²) in [5.41, 5.74) is 3.83. The van der Waals surface area contributed by atoms with Gasteiger partial charge in [-0.15, -0.1) is 11.8 Å². The fourth-order valence-electron chi connectivity index (χ4n) is 2.99. The van der Waals surface area contributed by atoms with Crippen LogP contribution in [-0.4, -0.2) is 27.5 Å². The van der Waals surface area contributed by atoms with Crippen molar-refractivity contribution in [3.63, 3.8) is 0 Å². The topological polar surface area (TPSA) is 46.9 Å². The molecular weight excluding hydrogens is 386 g/mol. The summed E-state index contributed by atoms with van der Waals surface area (Å²) >= 11 is 3.06. The first-order chi connectivity index (χ1) is 13.8. The molecule has 0 radical (unpaired) electrons. The Morgan fingerprint density at radius 2 is 1.68 bits per heavy atom. The van der Waals surface area contributed by atoms with Gasteiger partial charge in [-0.05, 0) is 42.7 Å². The number of nitrogens with one attached hydrogen (secondary N) is 1. The highest BCUT2D eigenvalue weighted by Crippen LogP contribution is 2.29. The average molecular weight is 406 g/mol. The quantitative estimate of drug-likeness (QED) is 0.432. The molecule has 1 amide bonds. The van der Waals surface area contributed by atoms with E-state index in [0.717, 1.165) is 32.5 Å². The predicted octanol–water partition coefficient (Wildman–Crippen LogP) is 5.48. The maximum absolute atomic E-state index is 12.5. The van der Waals surface area contributed by atoms with Crippen LogP contribution in [0.2, 0.25) is 0 Å². The highest BCUT2D eigenvalue weighted by atomic mass is 32.2. The van der Waals surface area contributed by atoms with Crippen LogP contribution in [0.1, 0.15) is 0 Å². The van der Waals surface area contributed by atoms with Crippen LogP contribution in [-0.2, 0) is 4.79 Å². The van der Waals surface area contributed by atoms with E-state index < -0.39 is 0 Å². The zero-order valence-corrected chi connectivity index (χ0v) is 17.0. The second-order valence-corrected chi connectivity index (χ2v) is 7.88. The third-order valence-electron chi connectivity index (χ3n) is 4.26. The largest absolute Gasteiger partial charge is 0.324 e. The Morgan fingerprint density at radius 1 is 0.964 bits per heavy atom. The molecule has 28 heavy (non-hydrogen) atoms. The van der Waals surface area contributed by atoms with Crippen molar-refractivity contribution < 1.29 is 4.79 Å². The Balaban J connectivity index is 1.57. The lowest BCUT2D eigenvalue weighted by atomic mass is 10.3. The maximum atomic E-state index is 12.5. The van der Waals surface area contributed by atoms with Crippen LogP contribution in [0.4, 0.5) is 5.69 Å². The number of anilines is 1. The second-order valence-electron chi connectivity index (χ2n) is 6.09. The van der Waals surface area contributed by atoms with Gasteiger partial charge in [0.05, 0.1) is 22.5 Å². The zero-order valence-electron chi connectivity index (χ0n) is 15.3. The third kappa shape index (κ3) is 3.93. The highest BCUT2D eigenvalue weighted by molar-refractivity contribution is 7.99. The van der Waals surface area contributed by atoms with E-state index in [1.807, 2.05) is 85.1 Å². The van der Waals surface area contributed by atoms with Gasteiger partial charge in [0, 0.05) is 10.6 Å². The van der Waals surface area contributed by atoms with Crippen molar-refractivity contribution >= 4 is 46.2 Å². The van der Waals surface area contributed by atoms with Gasteiger partial charge in [-0.2, -0.15) is 0 Å². The van der Waals surface area contributed by atoms with Crippen LogP contribution in [0.15, 0.2) is 88.9 Å². The number of carbonyl (C=O) groups is 1. The standard InChI is InChI=1S/C22H19N3OS2/c1-27-20-14-8-6-12-18(20)23-21(26)15-28-22-24-17-11-5-7-13-19(17)25(22)16-9-3-2-4-10-16/h2-14H,15H2,1H3,(H,23,26). The van der Waals surface area contributed by atoms with Crippen LogP contribution in [0, 0.1) is 0 Å². The van der Waals surface area contributed by atoms with Gasteiger partial charge in [-0.3, -0.25) is 9.36 Å². The fourth-order valence-corrected chi connectivity index (χ4v) is 4.37. The Morgan fingerprint density at radius 3 is 2.50 bits per heavy atom. The lowest BCUT2D eigenvalue weighted by molar-refractivity contribution is -0.113. The number of hydrogen-bond donors (Lipinski definition) is 1. The summed E-state index contributed by atoms with van der Waals surface area (Å²) in [6.07, 6.45) is 2.00. The SMILES string of the molecule is CSc1ccccc1NC(=O)CSc1nc2ccccc2n1-c1ccccc1. The number of fused-ring (bicyclic) bond motifs is 1. The van der Waals surface area contributed by atoms with E-state index in [1.54, 1.807) is 11.8 Å². The van der Waals surface area contributed by atoms with Gasteiger partial charge in [0.15, 0.2) is 5.16 Å². The molecule has 0 aliphatic heterocycles. The second kappa shape index (κ2) is 8.54. The van der Waals surface area contributed by atoms with Crippen LogP contribution in [0.25, 0.3) is 16.7 Å². The zero-order chi connectivity index (χ0) is 19.3. The summed E-state index contributed by atoms with van der Waals surface area (Å²) in [7, 11) is 0. The third-order valence-corrected chi connectivity index (χ3v) is 5.99. The molecule has 0 spiro atoms. The molecule has 4 nitrogen and oxygen atoms in total. The molecule has 6 heteroatoms. The maximum Gasteiger partial charge on any atom is 0.234 e. The number of imidazole rings is 1. The number of carbonyl (C=O) groups excluding carboxylic acids is 1. The van der Waals surface area contributed by atoms with E-state index in [2.05, 4.69) is 9.88 Å². The van der Waals surface area contributed by atoms with Crippen LogP contribution in [0.5, 0.6) is 0 Å². The lowest BCUT2D eigenvalue weighted by Crippen LogP contribution is -2.15. The molecule has 0 aliphatic rings. The first-order valence-electron chi connectivity index (χ1n) is 8.85. The van der Waals surface area contributed by atoms with E-state index in [0.29, 0.717) is 5.75 Å². The van der Waals surface area contributed by atoms with Crippen LogP contribution in [0.3, 0.4) is 0 Å². The van der Waals surface area contributed by atoms with Crippen molar-refractivity contribution in [2.45, 2.75) is 10.1 Å². The van der Waals surface area contributed by atoms with E-state index in [4.69, 9.17) is 4.98 Å². The van der Waals surface area contributed by atoms with E-state index in [9.17, 15) is 4.79 Å². The Hall–Kier alpha value is -2.70. The van der Waals surface area contributed by atoms with Crippen molar-refractivity contribution in [2.75, 3.05) is 17.3 Å². The van der Waals surface area contributed by atoms with E-state index in [1.165, 1.54) is 11.8 Å². The fraction of sp³-hybridized carbons (Fsp3) is 0.0909. The van der Waals surface area contributed by atoms with E-state index in [-0.39, 0.29) is 5.91 Å². The van der Waals surface area contributed by atoms with Crippen LogP contribution >= 0.6 is 23.5 Å². The number of aromatic nitrogens is 2. The first-order valence-corrected chi connectivity index (χ1v) is 11.1. The van der Waals surface area contributed by atoms with Crippen molar-refractivity contribution in [1.82, 2.24) is 9.55 Å². The van der Waals surface area contributed by atoms with Crippen molar-refractivity contribution in [2.24, 2.45) is 0 Å². The molecule has 3 aromatic carbocycles. The molecule has 0 unspecified atom stereocenters. The van der Waals surface area contributed by atoms with Gasteiger partial charge in [0.25, 0.3) is 0 Å². The molecule has 1 heterocycles. The van der Waals surface area contributed by atoms with Crippen molar-refractivity contribution in [3.8, 4) is 5.69 Å². The number of thioether (sulfide) groups is 2. The molecule has 0 saturated heterocycles. The average Bonchev–Trinajstić information content (AvgIpc) is 3.12. The molecule has 0 fully saturated rings. The van der Waals surface area contributed by atoms with Crippen molar-refractivity contribution in [1.29, 1.82) is 0 Å². The van der Waals surface area contributed by atoms with E-state index >= 15 is 0 Å². The minimum absolute atomic E-state index is 0.0434. The summed E-state index contributed by atoms with van der Waals surface area (Å²) in [5, 5.41) is 3.81. The molecule has 1 N–H and O–H groups in total. The molecule has 1 aromatic heterocycles. The summed E-state index contributed by atoms with van der Waals surface area (Å²) in [5.74, 6) is 0.247. The smallest absolute Gasteiger partial charge is 0.234 e. The Kier molecular flexibility index (Phi) is 5.69. The van der Waals surface area contributed by atoms with Gasteiger partial charge >= 0.3 is 0 Å². The normalized spacial score (nSPS) is 10.9. The van der Waals surface area contributed by atoms with Gasteiger partial charge in [-0.25, -0.2) is 4.98 Å². The molecule has 4 aromatic rings. The number of para-hydroxylation sites is 4. The van der Waals surface area contributed by atoms with Crippen molar-refractivity contribution in [3.05, 3.63) is 78.9 Å². The monoisotopic (exact) mass is 405 g/mol. The van der Waals surface area contributed by atoms with Gasteiger partial charge in [0.2, 0.25) is 5.91 Å². The number of hydrogen-bond acceptors (Lipinski definition) is 4. The molecule has 0 saturated carbocycles. The van der Waals surface area contributed by atoms with Gasteiger partial charge < -0.3 is 5.32 Å². The first kappa shape index (κ1) is 18.7. The number of rotatable bonds is 6. The minimum atomic E-state index is -0.0434. The lowest BCUT2D eigenvalue weighted by Gasteiger charge is -2.10. The molecule has 140 valence electrons. The molecule has 0 atom stereocenters. The molecular formula is C22H19N3OS2. The van der Waals surface area contributed by atoms with Gasteiger partial charge in [-0.1, -0.05) is 54.2 Å².